The Morgan fingerprint density at radius 1 is 1.39 bits per heavy atom. The Morgan fingerprint density at radius 3 is 2.87 bits per heavy atom. The summed E-state index contributed by atoms with van der Waals surface area (Å²) in [5.74, 6) is 0.984. The predicted octanol–water partition coefficient (Wildman–Crippen LogP) is 3.05. The summed E-state index contributed by atoms with van der Waals surface area (Å²) in [6, 6.07) is 0.731. The van der Waals surface area contributed by atoms with Crippen molar-refractivity contribution in [3.8, 4) is 0 Å². The highest BCUT2D eigenvalue weighted by Crippen LogP contribution is 2.56. The van der Waals surface area contributed by atoms with Crippen LogP contribution in [-0.4, -0.2) is 45.4 Å². The molecule has 124 valence electrons. The van der Waals surface area contributed by atoms with E-state index in [1.165, 1.54) is 24.3 Å². The van der Waals surface area contributed by atoms with E-state index in [9.17, 15) is 0 Å². The van der Waals surface area contributed by atoms with E-state index in [2.05, 4.69) is 43.5 Å². The fourth-order valence-electron chi connectivity index (χ4n) is 3.80. The second kappa shape index (κ2) is 6.11. The maximum atomic E-state index is 4.64. The average Bonchev–Trinajstić information content (AvgIpc) is 2.98. The van der Waals surface area contributed by atoms with Crippen LogP contribution in [0.5, 0.6) is 0 Å². The lowest BCUT2D eigenvalue weighted by Gasteiger charge is -2.33. The van der Waals surface area contributed by atoms with Crippen LogP contribution in [0, 0.1) is 5.41 Å². The number of aryl methyl sites for hydroxylation is 1. The Balaban J connectivity index is 1.33. The normalized spacial score (nSPS) is 22.9. The van der Waals surface area contributed by atoms with Gasteiger partial charge in [0.2, 0.25) is 5.13 Å². The molecule has 1 saturated carbocycles. The van der Waals surface area contributed by atoms with Gasteiger partial charge < -0.3 is 4.90 Å². The summed E-state index contributed by atoms with van der Waals surface area (Å²) in [5, 5.41) is 4.41. The largest absolute Gasteiger partial charge is 0.347 e. The van der Waals surface area contributed by atoms with E-state index in [0.717, 1.165) is 43.1 Å². The zero-order valence-electron chi connectivity index (χ0n) is 13.7. The molecule has 2 aromatic heterocycles. The molecular formula is C16H23N5S2. The van der Waals surface area contributed by atoms with E-state index in [-0.39, 0.29) is 0 Å². The van der Waals surface area contributed by atoms with E-state index < -0.39 is 0 Å². The SMILES string of the molecule is CCc1nsc(N2CCC3(CC2)C[C@@H]3N(C)Cc2nccs2)n1. The average molecular weight is 350 g/mol. The van der Waals surface area contributed by atoms with Gasteiger partial charge in [0.15, 0.2) is 0 Å². The van der Waals surface area contributed by atoms with Crippen molar-refractivity contribution in [2.45, 2.75) is 45.2 Å². The lowest BCUT2D eigenvalue weighted by molar-refractivity contribution is 0.239. The van der Waals surface area contributed by atoms with Crippen molar-refractivity contribution >= 4 is 28.0 Å². The number of aromatic nitrogens is 3. The Bertz CT molecular complexity index is 645. The van der Waals surface area contributed by atoms with Gasteiger partial charge in [-0.3, -0.25) is 4.90 Å². The van der Waals surface area contributed by atoms with E-state index >= 15 is 0 Å². The molecule has 1 spiro atoms. The quantitative estimate of drug-likeness (QED) is 0.830. The summed E-state index contributed by atoms with van der Waals surface area (Å²) < 4.78 is 4.42. The zero-order chi connectivity index (χ0) is 15.9. The van der Waals surface area contributed by atoms with Crippen LogP contribution in [0.25, 0.3) is 0 Å². The predicted molar refractivity (Wildman–Crippen MR) is 95.2 cm³/mol. The van der Waals surface area contributed by atoms with Crippen molar-refractivity contribution in [1.29, 1.82) is 0 Å². The van der Waals surface area contributed by atoms with Crippen molar-refractivity contribution in [2.75, 3.05) is 25.0 Å². The fourth-order valence-corrected chi connectivity index (χ4v) is 5.28. The maximum Gasteiger partial charge on any atom is 0.205 e. The minimum Gasteiger partial charge on any atom is -0.347 e. The first kappa shape index (κ1) is 15.5. The van der Waals surface area contributed by atoms with Crippen LogP contribution < -0.4 is 4.90 Å². The summed E-state index contributed by atoms with van der Waals surface area (Å²) >= 11 is 3.32. The molecule has 2 fully saturated rings. The number of rotatable bonds is 5. The summed E-state index contributed by atoms with van der Waals surface area (Å²) in [4.78, 5) is 14.0. The van der Waals surface area contributed by atoms with Crippen molar-refractivity contribution in [1.82, 2.24) is 19.2 Å². The minimum atomic E-state index is 0.542. The van der Waals surface area contributed by atoms with Gasteiger partial charge in [0, 0.05) is 48.7 Å². The third-order valence-electron chi connectivity index (χ3n) is 5.35. The molecule has 4 rings (SSSR count). The van der Waals surface area contributed by atoms with Crippen LogP contribution >= 0.6 is 22.9 Å². The van der Waals surface area contributed by atoms with Gasteiger partial charge in [0.05, 0.1) is 6.54 Å². The van der Waals surface area contributed by atoms with Crippen molar-refractivity contribution in [3.63, 3.8) is 0 Å². The number of thiazole rings is 1. The molecule has 0 unspecified atom stereocenters. The molecule has 0 N–H and O–H groups in total. The van der Waals surface area contributed by atoms with Crippen LogP contribution in [0.1, 0.15) is 37.0 Å². The number of hydrogen-bond acceptors (Lipinski definition) is 7. The summed E-state index contributed by atoms with van der Waals surface area (Å²) in [6.45, 7) is 5.36. The van der Waals surface area contributed by atoms with Crippen molar-refractivity contribution in [3.05, 3.63) is 22.4 Å². The Kier molecular flexibility index (Phi) is 4.11. The monoisotopic (exact) mass is 349 g/mol. The second-order valence-corrected chi connectivity index (χ2v) is 8.47. The standard InChI is InChI=1S/C16H23N5S2/c1-3-13-18-15(23-19-13)21-7-4-16(5-8-21)10-12(16)20(2)11-14-17-6-9-22-14/h6,9,12H,3-5,7-8,10-11H2,1-2H3/t12-/m0/s1. The van der Waals surface area contributed by atoms with Crippen LogP contribution in [0.15, 0.2) is 11.6 Å². The Hall–Kier alpha value is -1.05. The third kappa shape index (κ3) is 3.02. The smallest absolute Gasteiger partial charge is 0.205 e. The van der Waals surface area contributed by atoms with Gasteiger partial charge in [0.25, 0.3) is 0 Å². The van der Waals surface area contributed by atoms with Gasteiger partial charge >= 0.3 is 0 Å². The summed E-state index contributed by atoms with van der Waals surface area (Å²) in [6.07, 6.45) is 6.74. The van der Waals surface area contributed by atoms with E-state index in [4.69, 9.17) is 0 Å². The first-order chi connectivity index (χ1) is 11.2. The number of nitrogens with zero attached hydrogens (tertiary/aromatic N) is 5. The molecule has 0 radical (unpaired) electrons. The molecule has 23 heavy (non-hydrogen) atoms. The van der Waals surface area contributed by atoms with E-state index in [1.54, 1.807) is 22.9 Å². The van der Waals surface area contributed by atoms with Crippen LogP contribution in [0.3, 0.4) is 0 Å². The second-order valence-electron chi connectivity index (χ2n) is 6.76. The maximum absolute atomic E-state index is 4.64. The van der Waals surface area contributed by atoms with Gasteiger partial charge in [-0.1, -0.05) is 6.92 Å². The van der Waals surface area contributed by atoms with Crippen LogP contribution in [-0.2, 0) is 13.0 Å². The van der Waals surface area contributed by atoms with Gasteiger partial charge in [-0.15, -0.1) is 11.3 Å². The molecule has 0 bridgehead atoms. The highest BCUT2D eigenvalue weighted by Gasteiger charge is 2.56. The first-order valence-corrected chi connectivity index (χ1v) is 10.0. The topological polar surface area (TPSA) is 45.2 Å². The van der Waals surface area contributed by atoms with Crippen LogP contribution in [0.4, 0.5) is 5.13 Å². The third-order valence-corrected chi connectivity index (χ3v) is 6.93. The van der Waals surface area contributed by atoms with Crippen LogP contribution in [0.2, 0.25) is 0 Å². The number of hydrogen-bond donors (Lipinski definition) is 0. The molecular weight excluding hydrogens is 326 g/mol. The molecule has 1 saturated heterocycles. The summed E-state index contributed by atoms with van der Waals surface area (Å²) in [7, 11) is 2.26. The molecule has 0 amide bonds. The Labute approximate surface area is 145 Å². The molecule has 2 aromatic rings. The minimum absolute atomic E-state index is 0.542. The molecule has 0 aromatic carbocycles. The summed E-state index contributed by atoms with van der Waals surface area (Å²) in [5.41, 5.74) is 0.542. The van der Waals surface area contributed by atoms with Gasteiger partial charge in [-0.25, -0.2) is 9.97 Å². The molecule has 5 nitrogen and oxygen atoms in total. The lowest BCUT2D eigenvalue weighted by atomic mass is 9.92. The zero-order valence-corrected chi connectivity index (χ0v) is 15.4. The Morgan fingerprint density at radius 2 is 2.22 bits per heavy atom. The number of piperidine rings is 1. The van der Waals surface area contributed by atoms with Gasteiger partial charge in [0.1, 0.15) is 10.8 Å². The molecule has 7 heteroatoms. The molecule has 1 aliphatic carbocycles. The lowest BCUT2D eigenvalue weighted by Crippen LogP contribution is -2.38. The van der Waals surface area contributed by atoms with Gasteiger partial charge in [-0.2, -0.15) is 4.37 Å². The van der Waals surface area contributed by atoms with Crippen molar-refractivity contribution < 1.29 is 0 Å². The van der Waals surface area contributed by atoms with Gasteiger partial charge in [-0.05, 0) is 31.7 Å². The molecule has 1 atom stereocenters. The molecule has 3 heterocycles. The number of anilines is 1. The van der Waals surface area contributed by atoms with Crippen molar-refractivity contribution in [2.24, 2.45) is 5.41 Å². The molecule has 1 aliphatic heterocycles. The van der Waals surface area contributed by atoms with E-state index in [0.29, 0.717) is 5.41 Å². The first-order valence-electron chi connectivity index (χ1n) is 8.36. The van der Waals surface area contributed by atoms with E-state index in [1.807, 2.05) is 6.20 Å². The fraction of sp³-hybridized carbons (Fsp3) is 0.688. The molecule has 2 aliphatic rings. The highest BCUT2D eigenvalue weighted by molar-refractivity contribution is 7.09. The highest BCUT2D eigenvalue weighted by atomic mass is 32.1.